The van der Waals surface area contributed by atoms with Gasteiger partial charge in [0.2, 0.25) is 5.91 Å². The van der Waals surface area contributed by atoms with Gasteiger partial charge < -0.3 is 15.1 Å². The summed E-state index contributed by atoms with van der Waals surface area (Å²) in [7, 11) is 1.67. The summed E-state index contributed by atoms with van der Waals surface area (Å²) in [6.45, 7) is 3.23. The van der Waals surface area contributed by atoms with Crippen molar-refractivity contribution in [1.82, 2.24) is 15.1 Å². The van der Waals surface area contributed by atoms with Crippen LogP contribution in [0.2, 0.25) is 0 Å². The van der Waals surface area contributed by atoms with Crippen LogP contribution in [0.15, 0.2) is 11.4 Å². The SMILES string of the molecule is CN(CC(=O)N1CCNCC1)C(=O)c1csc(I)c1.Cl. The zero-order valence-corrected chi connectivity index (χ0v) is 14.9. The van der Waals surface area contributed by atoms with Crippen LogP contribution < -0.4 is 5.32 Å². The summed E-state index contributed by atoms with van der Waals surface area (Å²) in [4.78, 5) is 27.5. The highest BCUT2D eigenvalue weighted by molar-refractivity contribution is 14.1. The van der Waals surface area contributed by atoms with Gasteiger partial charge in [-0.3, -0.25) is 9.59 Å². The fraction of sp³-hybridized carbons (Fsp3) is 0.500. The molecule has 1 aliphatic rings. The Morgan fingerprint density at radius 2 is 2.10 bits per heavy atom. The number of thiophene rings is 1. The predicted octanol–water partition coefficient (Wildman–Crippen LogP) is 1.28. The number of rotatable bonds is 3. The summed E-state index contributed by atoms with van der Waals surface area (Å²) in [6, 6.07) is 1.85. The molecule has 0 aliphatic carbocycles. The number of likely N-dealkylation sites (N-methyl/N-ethyl adjacent to an activating group) is 1. The van der Waals surface area contributed by atoms with Crippen LogP contribution in [0.25, 0.3) is 0 Å². The fourth-order valence-corrected chi connectivity index (χ4v) is 3.25. The van der Waals surface area contributed by atoms with E-state index in [9.17, 15) is 9.59 Å². The Balaban J connectivity index is 0.00000200. The fourth-order valence-electron chi connectivity index (χ4n) is 1.93. The van der Waals surface area contributed by atoms with Gasteiger partial charge >= 0.3 is 0 Å². The van der Waals surface area contributed by atoms with E-state index in [4.69, 9.17) is 0 Å². The number of piperazine rings is 1. The molecule has 0 atom stereocenters. The van der Waals surface area contributed by atoms with E-state index in [2.05, 4.69) is 27.9 Å². The first-order valence-corrected chi connectivity index (χ1v) is 8.02. The Morgan fingerprint density at radius 3 is 2.65 bits per heavy atom. The number of hydrogen-bond acceptors (Lipinski definition) is 4. The highest BCUT2D eigenvalue weighted by Gasteiger charge is 2.21. The topological polar surface area (TPSA) is 52.7 Å². The first kappa shape index (κ1) is 17.7. The minimum atomic E-state index is -0.0948. The zero-order chi connectivity index (χ0) is 13.8. The van der Waals surface area contributed by atoms with E-state index < -0.39 is 0 Å². The number of halogens is 2. The van der Waals surface area contributed by atoms with Crippen molar-refractivity contribution in [2.75, 3.05) is 39.8 Å². The summed E-state index contributed by atoms with van der Waals surface area (Å²) in [5, 5.41) is 5.03. The lowest BCUT2D eigenvalue weighted by Gasteiger charge is -2.29. The molecule has 1 fully saturated rings. The molecule has 8 heteroatoms. The van der Waals surface area contributed by atoms with Gasteiger partial charge in [-0.25, -0.2) is 0 Å². The van der Waals surface area contributed by atoms with E-state index in [1.165, 1.54) is 16.2 Å². The molecule has 2 amide bonds. The van der Waals surface area contributed by atoms with Crippen molar-refractivity contribution in [3.63, 3.8) is 0 Å². The highest BCUT2D eigenvalue weighted by Crippen LogP contribution is 2.17. The van der Waals surface area contributed by atoms with Crippen LogP contribution in [-0.2, 0) is 4.79 Å². The lowest BCUT2D eigenvalue weighted by Crippen LogP contribution is -2.49. The van der Waals surface area contributed by atoms with Gasteiger partial charge in [0, 0.05) is 38.6 Å². The third kappa shape index (κ3) is 4.57. The van der Waals surface area contributed by atoms with E-state index >= 15 is 0 Å². The lowest BCUT2D eigenvalue weighted by atomic mass is 10.3. The minimum Gasteiger partial charge on any atom is -0.339 e. The molecule has 1 aromatic heterocycles. The zero-order valence-electron chi connectivity index (χ0n) is 11.1. The maximum atomic E-state index is 12.1. The van der Waals surface area contributed by atoms with E-state index in [1.54, 1.807) is 11.9 Å². The molecule has 0 unspecified atom stereocenters. The molecule has 2 heterocycles. The van der Waals surface area contributed by atoms with Crippen molar-refractivity contribution >= 4 is 58.1 Å². The first-order valence-electron chi connectivity index (χ1n) is 6.06. The minimum absolute atomic E-state index is 0. The predicted molar refractivity (Wildman–Crippen MR) is 90.7 cm³/mol. The molecule has 0 saturated carbocycles. The molecule has 0 radical (unpaired) electrons. The number of nitrogens with zero attached hydrogens (tertiary/aromatic N) is 2. The Hall–Kier alpha value is -0.380. The molecular weight excluding hydrogens is 413 g/mol. The van der Waals surface area contributed by atoms with Crippen LogP contribution in [0.1, 0.15) is 10.4 Å². The van der Waals surface area contributed by atoms with E-state index in [-0.39, 0.29) is 30.8 Å². The molecule has 5 nitrogen and oxygen atoms in total. The van der Waals surface area contributed by atoms with Gasteiger partial charge in [-0.2, -0.15) is 0 Å². The monoisotopic (exact) mass is 429 g/mol. The van der Waals surface area contributed by atoms with Crippen LogP contribution in [0, 0.1) is 2.88 Å². The molecule has 0 aromatic carbocycles. The van der Waals surface area contributed by atoms with Gasteiger partial charge in [0.25, 0.3) is 5.91 Å². The quantitative estimate of drug-likeness (QED) is 0.737. The van der Waals surface area contributed by atoms with Crippen molar-refractivity contribution < 1.29 is 9.59 Å². The van der Waals surface area contributed by atoms with Gasteiger partial charge in [-0.05, 0) is 28.7 Å². The summed E-state index contributed by atoms with van der Waals surface area (Å²) >= 11 is 3.72. The standard InChI is InChI=1S/C12H16IN3O2S.ClH/c1-15(12(18)9-6-10(13)19-8-9)7-11(17)16-4-2-14-3-5-16;/h6,8,14H,2-5,7H2,1H3;1H. The average molecular weight is 430 g/mol. The van der Waals surface area contributed by atoms with Crippen molar-refractivity contribution in [2.24, 2.45) is 0 Å². The summed E-state index contributed by atoms with van der Waals surface area (Å²) in [6.07, 6.45) is 0. The molecule has 2 rings (SSSR count). The smallest absolute Gasteiger partial charge is 0.254 e. The van der Waals surface area contributed by atoms with Gasteiger partial charge in [0.15, 0.2) is 0 Å². The number of carbonyl (C=O) groups is 2. The second kappa shape index (κ2) is 8.16. The Morgan fingerprint density at radius 1 is 1.45 bits per heavy atom. The molecule has 112 valence electrons. The molecule has 0 spiro atoms. The molecular formula is C12H17ClIN3O2S. The molecule has 1 N–H and O–H groups in total. The Bertz CT molecular complexity index is 477. The maximum Gasteiger partial charge on any atom is 0.254 e. The Kier molecular flexibility index (Phi) is 7.21. The lowest BCUT2D eigenvalue weighted by molar-refractivity contribution is -0.132. The Labute approximate surface area is 142 Å². The molecule has 1 aromatic rings. The van der Waals surface area contributed by atoms with Crippen molar-refractivity contribution in [3.8, 4) is 0 Å². The molecule has 0 bridgehead atoms. The van der Waals surface area contributed by atoms with Crippen LogP contribution in [0.3, 0.4) is 0 Å². The summed E-state index contributed by atoms with van der Waals surface area (Å²) in [5.41, 5.74) is 0.657. The number of hydrogen-bond donors (Lipinski definition) is 1. The van der Waals surface area contributed by atoms with E-state index in [0.717, 1.165) is 29.1 Å². The van der Waals surface area contributed by atoms with Crippen LogP contribution in [-0.4, -0.2) is 61.4 Å². The van der Waals surface area contributed by atoms with Crippen molar-refractivity contribution in [3.05, 3.63) is 19.9 Å². The normalized spacial score (nSPS) is 14.6. The highest BCUT2D eigenvalue weighted by atomic mass is 127. The second-order valence-electron chi connectivity index (χ2n) is 4.43. The number of nitrogens with one attached hydrogen (secondary N) is 1. The van der Waals surface area contributed by atoms with Crippen molar-refractivity contribution in [2.45, 2.75) is 0 Å². The summed E-state index contributed by atoms with van der Waals surface area (Å²) < 4.78 is 1.07. The molecule has 1 saturated heterocycles. The third-order valence-corrected chi connectivity index (χ3v) is 4.79. The summed E-state index contributed by atoms with van der Waals surface area (Å²) in [5.74, 6) is -0.0788. The van der Waals surface area contributed by atoms with Crippen LogP contribution in [0.5, 0.6) is 0 Å². The van der Waals surface area contributed by atoms with E-state index in [0.29, 0.717) is 5.56 Å². The number of carbonyl (C=O) groups excluding carboxylic acids is 2. The van der Waals surface area contributed by atoms with Gasteiger partial charge in [0.1, 0.15) is 0 Å². The molecule has 20 heavy (non-hydrogen) atoms. The maximum absolute atomic E-state index is 12.1. The number of amides is 2. The van der Waals surface area contributed by atoms with Gasteiger partial charge in [0.05, 0.1) is 15.0 Å². The average Bonchev–Trinajstić information content (AvgIpc) is 2.85. The van der Waals surface area contributed by atoms with Gasteiger partial charge in [-0.1, -0.05) is 0 Å². The van der Waals surface area contributed by atoms with E-state index in [1.807, 2.05) is 11.4 Å². The third-order valence-electron chi connectivity index (χ3n) is 3.00. The second-order valence-corrected chi connectivity index (χ2v) is 7.24. The largest absolute Gasteiger partial charge is 0.339 e. The van der Waals surface area contributed by atoms with Gasteiger partial charge in [-0.15, -0.1) is 23.7 Å². The first-order chi connectivity index (χ1) is 9.08. The van der Waals surface area contributed by atoms with Crippen LogP contribution in [0.4, 0.5) is 0 Å². The van der Waals surface area contributed by atoms with Crippen LogP contribution >= 0.6 is 46.3 Å². The van der Waals surface area contributed by atoms with Crippen molar-refractivity contribution in [1.29, 1.82) is 0 Å². The molecule has 1 aliphatic heterocycles.